The third kappa shape index (κ3) is 11.7. The van der Waals surface area contributed by atoms with Gasteiger partial charge in [0.15, 0.2) is 0 Å². The molecule has 7 atom stereocenters. The number of amides is 1. The zero-order valence-corrected chi connectivity index (χ0v) is 26.5. The van der Waals surface area contributed by atoms with Gasteiger partial charge in [-0.15, -0.1) is 0 Å². The molecule has 1 aromatic carbocycles. The fraction of sp³-hybridized carbons (Fsp3) is 0.622. The van der Waals surface area contributed by atoms with Gasteiger partial charge in [0.2, 0.25) is 5.91 Å². The van der Waals surface area contributed by atoms with Crippen LogP contribution in [0, 0.1) is 11.8 Å². The summed E-state index contributed by atoms with van der Waals surface area (Å²) in [6.45, 7) is 6.46. The van der Waals surface area contributed by atoms with Crippen LogP contribution in [0.1, 0.15) is 104 Å². The summed E-state index contributed by atoms with van der Waals surface area (Å²) in [6.07, 6.45) is 22.5. The van der Waals surface area contributed by atoms with Gasteiger partial charge in [-0.3, -0.25) is 9.59 Å². The molecule has 6 nitrogen and oxygen atoms in total. The number of rotatable bonds is 8. The van der Waals surface area contributed by atoms with Crippen molar-refractivity contribution in [2.24, 2.45) is 11.8 Å². The van der Waals surface area contributed by atoms with Gasteiger partial charge in [-0.1, -0.05) is 68.3 Å². The lowest BCUT2D eigenvalue weighted by Gasteiger charge is -2.37. The van der Waals surface area contributed by atoms with Gasteiger partial charge in [0, 0.05) is 24.4 Å². The van der Waals surface area contributed by atoms with Gasteiger partial charge in [0.1, 0.15) is 6.10 Å². The van der Waals surface area contributed by atoms with Gasteiger partial charge in [-0.05, 0) is 88.8 Å². The first-order valence-electron chi connectivity index (χ1n) is 16.7. The maximum absolute atomic E-state index is 13.2. The Morgan fingerprint density at radius 3 is 2.44 bits per heavy atom. The Morgan fingerprint density at radius 2 is 1.65 bits per heavy atom. The lowest BCUT2D eigenvalue weighted by Crippen LogP contribution is -2.37. The number of carbonyl (C=O) groups is 2. The van der Waals surface area contributed by atoms with Crippen LogP contribution in [0.5, 0.6) is 0 Å². The fourth-order valence-corrected chi connectivity index (χ4v) is 6.53. The summed E-state index contributed by atoms with van der Waals surface area (Å²) >= 11 is 0. The average molecular weight is 592 g/mol. The van der Waals surface area contributed by atoms with Crippen LogP contribution < -0.4 is 5.32 Å². The van der Waals surface area contributed by atoms with Crippen molar-refractivity contribution in [2.45, 2.75) is 135 Å². The summed E-state index contributed by atoms with van der Waals surface area (Å²) in [5.41, 5.74) is 2.20. The topological polar surface area (TPSA) is 73.9 Å². The van der Waals surface area contributed by atoms with Crippen molar-refractivity contribution in [1.82, 2.24) is 0 Å². The van der Waals surface area contributed by atoms with Gasteiger partial charge < -0.3 is 19.5 Å². The van der Waals surface area contributed by atoms with E-state index >= 15 is 0 Å². The first-order chi connectivity index (χ1) is 20.9. The smallest absolute Gasteiger partial charge is 0.309 e. The van der Waals surface area contributed by atoms with E-state index in [1.54, 1.807) is 0 Å². The second-order valence-electron chi connectivity index (χ2n) is 12.8. The number of anilines is 1. The quantitative estimate of drug-likeness (QED) is 0.186. The standard InChI is InChI=1S/C37H53NO5/c1-4-29-23-33-25-32-17-13-16-31(41-32)22-27(2)20-21-28(3)35(43-37(40)26-34(24-29)42-33)18-11-6-5-7-12-19-36(39)38-30-14-9-8-10-15-30/h4,8-11,14-15,18,20-21,27-28,31-35H,5-7,12-13,16-17,19,22-26H2,1-3H3,(H,38,39)/b18-11+,21-20+,29-4-. The number of fused-ring (bicyclic) bond motifs is 4. The Kier molecular flexibility index (Phi) is 13.6. The van der Waals surface area contributed by atoms with E-state index in [1.165, 1.54) is 12.0 Å². The van der Waals surface area contributed by atoms with Crippen LogP contribution in [0.15, 0.2) is 66.3 Å². The van der Waals surface area contributed by atoms with Crippen LogP contribution in [0.4, 0.5) is 5.69 Å². The maximum Gasteiger partial charge on any atom is 0.309 e. The molecule has 1 amide bonds. The number of unbranched alkanes of at least 4 members (excludes halogenated alkanes) is 3. The normalized spacial score (nSPS) is 32.3. The fourth-order valence-electron chi connectivity index (χ4n) is 6.53. The lowest BCUT2D eigenvalue weighted by atomic mass is 9.90. The van der Waals surface area contributed by atoms with Crippen LogP contribution in [0.3, 0.4) is 0 Å². The van der Waals surface area contributed by atoms with E-state index in [1.807, 2.05) is 30.3 Å². The summed E-state index contributed by atoms with van der Waals surface area (Å²) in [5.74, 6) is 0.306. The second-order valence-corrected chi connectivity index (χ2v) is 12.8. The molecule has 0 spiro atoms. The van der Waals surface area contributed by atoms with Crippen molar-refractivity contribution in [3.8, 4) is 0 Å². The predicted molar refractivity (Wildman–Crippen MR) is 173 cm³/mol. The number of hydrogen-bond acceptors (Lipinski definition) is 5. The highest BCUT2D eigenvalue weighted by Gasteiger charge is 2.32. The first kappa shape index (κ1) is 33.2. The number of benzene rings is 1. The summed E-state index contributed by atoms with van der Waals surface area (Å²) in [5, 5.41) is 2.94. The predicted octanol–water partition coefficient (Wildman–Crippen LogP) is 8.49. The van der Waals surface area contributed by atoms with Gasteiger partial charge >= 0.3 is 5.97 Å². The van der Waals surface area contributed by atoms with E-state index in [4.69, 9.17) is 14.2 Å². The summed E-state index contributed by atoms with van der Waals surface area (Å²) < 4.78 is 19.1. The van der Waals surface area contributed by atoms with E-state index in [2.05, 4.69) is 56.5 Å². The highest BCUT2D eigenvalue weighted by atomic mass is 16.5. The number of esters is 1. The molecule has 2 saturated heterocycles. The number of cyclic esters (lactones) is 1. The van der Waals surface area contributed by atoms with Crippen LogP contribution >= 0.6 is 0 Å². The highest BCUT2D eigenvalue weighted by Crippen LogP contribution is 2.33. The van der Waals surface area contributed by atoms with Crippen LogP contribution in [0.2, 0.25) is 0 Å². The lowest BCUT2D eigenvalue weighted by molar-refractivity contribution is -0.154. The van der Waals surface area contributed by atoms with Crippen molar-refractivity contribution in [1.29, 1.82) is 0 Å². The number of nitrogens with one attached hydrogen (secondary N) is 1. The zero-order chi connectivity index (χ0) is 30.4. The molecule has 236 valence electrons. The molecule has 4 bridgehead atoms. The van der Waals surface area contributed by atoms with E-state index in [0.29, 0.717) is 18.4 Å². The Balaban J connectivity index is 1.32. The van der Waals surface area contributed by atoms with E-state index in [9.17, 15) is 9.59 Å². The van der Waals surface area contributed by atoms with Crippen molar-refractivity contribution >= 4 is 17.6 Å². The number of allylic oxidation sites excluding steroid dienone is 3. The van der Waals surface area contributed by atoms with Crippen LogP contribution in [-0.2, 0) is 23.8 Å². The van der Waals surface area contributed by atoms with Crippen LogP contribution in [-0.4, -0.2) is 42.4 Å². The maximum atomic E-state index is 13.2. The van der Waals surface area contributed by atoms with Crippen molar-refractivity contribution < 1.29 is 23.8 Å². The Hall–Kier alpha value is -2.70. The summed E-state index contributed by atoms with van der Waals surface area (Å²) in [6, 6.07) is 9.58. The SMILES string of the molecule is C/C=C1\CC2CC(=O)OC(/C=C/CCCCCC(=O)Nc3ccccc3)C(C)/C=C/C(C)CC3CCCC(CC(C1)O2)O3. The van der Waals surface area contributed by atoms with Crippen LogP contribution in [0.25, 0.3) is 0 Å². The van der Waals surface area contributed by atoms with E-state index in [0.717, 1.165) is 69.9 Å². The highest BCUT2D eigenvalue weighted by molar-refractivity contribution is 5.90. The summed E-state index contributed by atoms with van der Waals surface area (Å²) in [4.78, 5) is 25.4. The second kappa shape index (κ2) is 17.6. The molecule has 7 unspecified atom stereocenters. The van der Waals surface area contributed by atoms with Gasteiger partial charge in [0.05, 0.1) is 30.8 Å². The van der Waals surface area contributed by atoms with Crippen molar-refractivity contribution in [2.75, 3.05) is 5.32 Å². The molecule has 1 N–H and O–H groups in total. The Morgan fingerprint density at radius 1 is 0.907 bits per heavy atom. The molecule has 0 aromatic heterocycles. The number of carbonyl (C=O) groups excluding carboxylic acids is 2. The first-order valence-corrected chi connectivity index (χ1v) is 16.7. The summed E-state index contributed by atoms with van der Waals surface area (Å²) in [7, 11) is 0. The Labute approximate surface area is 259 Å². The van der Waals surface area contributed by atoms with E-state index < -0.39 is 0 Å². The molecule has 3 heterocycles. The van der Waals surface area contributed by atoms with E-state index in [-0.39, 0.29) is 48.6 Å². The molecule has 2 fully saturated rings. The molecule has 0 aliphatic carbocycles. The number of hydrogen-bond donors (Lipinski definition) is 1. The minimum absolute atomic E-state index is 0.0548. The largest absolute Gasteiger partial charge is 0.457 e. The molecule has 4 rings (SSSR count). The van der Waals surface area contributed by atoms with Crippen molar-refractivity contribution in [3.63, 3.8) is 0 Å². The van der Waals surface area contributed by atoms with Crippen molar-refractivity contribution in [3.05, 3.63) is 66.3 Å². The molecular formula is C37H53NO5. The Bertz CT molecular complexity index is 1100. The number of ether oxygens (including phenoxy) is 3. The van der Waals surface area contributed by atoms with Gasteiger partial charge in [-0.25, -0.2) is 0 Å². The van der Waals surface area contributed by atoms with Gasteiger partial charge in [0.25, 0.3) is 0 Å². The molecule has 3 aliphatic heterocycles. The van der Waals surface area contributed by atoms with Gasteiger partial charge in [-0.2, -0.15) is 0 Å². The molecular weight excluding hydrogens is 538 g/mol. The minimum atomic E-state index is -0.323. The third-order valence-corrected chi connectivity index (χ3v) is 8.95. The number of para-hydroxylation sites is 1. The molecule has 0 saturated carbocycles. The molecule has 1 aromatic rings. The monoisotopic (exact) mass is 591 g/mol. The third-order valence-electron chi connectivity index (χ3n) is 8.95. The minimum Gasteiger partial charge on any atom is -0.457 e. The zero-order valence-electron chi connectivity index (χ0n) is 26.5. The molecule has 6 heteroatoms. The molecule has 43 heavy (non-hydrogen) atoms. The molecule has 3 aliphatic rings. The molecule has 0 radical (unpaired) electrons. The average Bonchev–Trinajstić information content (AvgIpc) is 2.98.